The second-order valence-corrected chi connectivity index (χ2v) is 7.10. The van der Waals surface area contributed by atoms with Gasteiger partial charge in [-0.25, -0.2) is 18.4 Å². The molecule has 0 saturated heterocycles. The molecule has 0 aliphatic carbocycles. The predicted molar refractivity (Wildman–Crippen MR) is 97.6 cm³/mol. The van der Waals surface area contributed by atoms with Gasteiger partial charge in [-0.15, -0.1) is 0 Å². The molecule has 2 aromatic rings. The number of sulfonamides is 1. The monoisotopic (exact) mass is 397 g/mol. The number of benzene rings is 2. The van der Waals surface area contributed by atoms with E-state index in [2.05, 4.69) is 5.32 Å². The van der Waals surface area contributed by atoms with E-state index in [0.717, 1.165) is 11.0 Å². The van der Waals surface area contributed by atoms with Gasteiger partial charge in [-0.2, -0.15) is 0 Å². The highest BCUT2D eigenvalue weighted by atomic mass is 35.5. The maximum absolute atomic E-state index is 12.3. The van der Waals surface area contributed by atoms with Crippen LogP contribution in [-0.2, 0) is 19.6 Å². The molecule has 2 aromatic carbocycles. The Morgan fingerprint density at radius 3 is 2.38 bits per heavy atom. The Morgan fingerprint density at radius 1 is 1.19 bits per heavy atom. The fourth-order valence-electron chi connectivity index (χ4n) is 2.09. The molecule has 8 nitrogen and oxygen atoms in total. The van der Waals surface area contributed by atoms with Gasteiger partial charge in [-0.3, -0.25) is 9.69 Å². The van der Waals surface area contributed by atoms with Crippen molar-refractivity contribution in [2.75, 3.05) is 23.9 Å². The van der Waals surface area contributed by atoms with E-state index in [4.69, 9.17) is 21.5 Å². The number of rotatable bonds is 5. The summed E-state index contributed by atoms with van der Waals surface area (Å²) in [5.74, 6) is -0.551. The quantitative estimate of drug-likeness (QED) is 0.801. The molecule has 0 radical (unpaired) electrons. The van der Waals surface area contributed by atoms with Gasteiger partial charge in [-0.05, 0) is 30.3 Å². The Balaban J connectivity index is 2.17. The Kier molecular flexibility index (Phi) is 6.19. The van der Waals surface area contributed by atoms with E-state index in [1.807, 2.05) is 0 Å². The topological polar surface area (TPSA) is 119 Å². The van der Waals surface area contributed by atoms with Gasteiger partial charge >= 0.3 is 6.09 Å². The lowest BCUT2D eigenvalue weighted by atomic mass is 10.3. The number of hydrogen-bond donors (Lipinski definition) is 2. The molecule has 10 heteroatoms. The zero-order valence-electron chi connectivity index (χ0n) is 13.7. The second kappa shape index (κ2) is 8.17. The number of amides is 2. The predicted octanol–water partition coefficient (Wildman–Crippen LogP) is 2.20. The fraction of sp³-hybridized carbons (Fsp3) is 0.125. The molecule has 0 saturated carbocycles. The van der Waals surface area contributed by atoms with Crippen molar-refractivity contribution in [3.63, 3.8) is 0 Å². The van der Waals surface area contributed by atoms with Crippen LogP contribution < -0.4 is 15.4 Å². The van der Waals surface area contributed by atoms with Crippen LogP contribution >= 0.6 is 11.6 Å². The summed E-state index contributed by atoms with van der Waals surface area (Å²) in [6.45, 7) is -0.329. The average molecular weight is 398 g/mol. The van der Waals surface area contributed by atoms with E-state index in [1.165, 1.54) is 19.2 Å². The van der Waals surface area contributed by atoms with Crippen LogP contribution in [-0.4, -0.2) is 34.1 Å². The van der Waals surface area contributed by atoms with Gasteiger partial charge in [0.25, 0.3) is 0 Å². The van der Waals surface area contributed by atoms with Crippen molar-refractivity contribution >= 4 is 45.0 Å². The first kappa shape index (κ1) is 19.7. The molecular formula is C16H16ClN3O5S. The van der Waals surface area contributed by atoms with Crippen LogP contribution in [0.4, 0.5) is 16.2 Å². The Labute approximate surface area is 155 Å². The number of para-hydroxylation sites is 1. The number of carbonyl (C=O) groups excluding carboxylic acids is 2. The zero-order valence-corrected chi connectivity index (χ0v) is 15.3. The summed E-state index contributed by atoms with van der Waals surface area (Å²) >= 11 is 5.98. The number of primary sulfonamides is 1. The van der Waals surface area contributed by atoms with Gasteiger partial charge in [0.2, 0.25) is 15.9 Å². The number of hydrogen-bond acceptors (Lipinski definition) is 5. The molecule has 0 bridgehead atoms. The number of carbonyl (C=O) groups is 2. The highest BCUT2D eigenvalue weighted by Crippen LogP contribution is 2.25. The van der Waals surface area contributed by atoms with Crippen LogP contribution in [0, 0.1) is 0 Å². The van der Waals surface area contributed by atoms with E-state index < -0.39 is 22.0 Å². The molecule has 0 aliphatic heterocycles. The smallest absolute Gasteiger partial charge is 0.414 e. The summed E-state index contributed by atoms with van der Waals surface area (Å²) in [4.78, 5) is 25.2. The maximum Gasteiger partial charge on any atom is 0.414 e. The number of methoxy groups -OCH3 is 1. The van der Waals surface area contributed by atoms with Gasteiger partial charge in [0.1, 0.15) is 6.54 Å². The highest BCUT2D eigenvalue weighted by molar-refractivity contribution is 7.89. The fourth-order valence-corrected chi connectivity index (χ4v) is 2.92. The number of ether oxygens (including phenoxy) is 1. The van der Waals surface area contributed by atoms with Gasteiger partial charge in [0.15, 0.2) is 0 Å². The molecule has 0 aromatic heterocycles. The first-order valence-electron chi connectivity index (χ1n) is 7.25. The third-order valence-corrected chi connectivity index (χ3v) is 4.53. The molecule has 138 valence electrons. The maximum atomic E-state index is 12.3. The molecule has 0 heterocycles. The lowest BCUT2D eigenvalue weighted by Gasteiger charge is -2.21. The van der Waals surface area contributed by atoms with Crippen LogP contribution in [0.3, 0.4) is 0 Å². The van der Waals surface area contributed by atoms with Crippen molar-refractivity contribution in [2.24, 2.45) is 5.14 Å². The number of nitrogens with two attached hydrogens (primary N) is 1. The van der Waals surface area contributed by atoms with Gasteiger partial charge in [0.05, 0.1) is 22.7 Å². The summed E-state index contributed by atoms with van der Waals surface area (Å²) in [7, 11) is -2.70. The average Bonchev–Trinajstić information content (AvgIpc) is 2.60. The molecule has 26 heavy (non-hydrogen) atoms. The van der Waals surface area contributed by atoms with E-state index >= 15 is 0 Å². The van der Waals surface area contributed by atoms with Crippen molar-refractivity contribution in [1.82, 2.24) is 0 Å². The summed E-state index contributed by atoms with van der Waals surface area (Å²) < 4.78 is 27.3. The lowest BCUT2D eigenvalue weighted by molar-refractivity contribution is -0.114. The molecule has 0 fully saturated rings. The van der Waals surface area contributed by atoms with Gasteiger partial charge in [0, 0.05) is 5.69 Å². The summed E-state index contributed by atoms with van der Waals surface area (Å²) in [6.07, 6.45) is -0.706. The SMILES string of the molecule is COC(=O)N(CC(=O)Nc1ccc(S(N)(=O)=O)cc1Cl)c1ccccc1. The number of nitrogens with one attached hydrogen (secondary N) is 1. The zero-order chi connectivity index (χ0) is 19.3. The van der Waals surface area contributed by atoms with Crippen LogP contribution in [0.15, 0.2) is 53.4 Å². The molecule has 2 rings (SSSR count). The third-order valence-electron chi connectivity index (χ3n) is 3.31. The molecule has 3 N–H and O–H groups in total. The van der Waals surface area contributed by atoms with E-state index in [9.17, 15) is 18.0 Å². The third kappa shape index (κ3) is 4.94. The van der Waals surface area contributed by atoms with Crippen molar-refractivity contribution in [3.05, 3.63) is 53.6 Å². The highest BCUT2D eigenvalue weighted by Gasteiger charge is 2.20. The molecular weight excluding hydrogens is 382 g/mol. The minimum absolute atomic E-state index is 0.00537. The number of nitrogens with zero attached hydrogens (tertiary/aromatic N) is 1. The Hall–Kier alpha value is -2.62. The first-order chi connectivity index (χ1) is 12.2. The summed E-state index contributed by atoms with van der Waals surface area (Å²) in [6, 6.07) is 12.2. The van der Waals surface area contributed by atoms with E-state index in [-0.39, 0.29) is 22.2 Å². The first-order valence-corrected chi connectivity index (χ1v) is 9.17. The molecule has 0 aliphatic rings. The van der Waals surface area contributed by atoms with Crippen molar-refractivity contribution in [2.45, 2.75) is 4.90 Å². The minimum atomic E-state index is -3.91. The summed E-state index contributed by atoms with van der Waals surface area (Å²) in [5, 5.41) is 7.53. The largest absolute Gasteiger partial charge is 0.452 e. The van der Waals surface area contributed by atoms with Crippen LogP contribution in [0.2, 0.25) is 5.02 Å². The van der Waals surface area contributed by atoms with Crippen LogP contribution in [0.5, 0.6) is 0 Å². The Bertz CT molecular complexity index is 919. The van der Waals surface area contributed by atoms with Crippen LogP contribution in [0.1, 0.15) is 0 Å². The van der Waals surface area contributed by atoms with E-state index in [0.29, 0.717) is 5.69 Å². The molecule has 0 spiro atoms. The van der Waals surface area contributed by atoms with Crippen molar-refractivity contribution in [3.8, 4) is 0 Å². The van der Waals surface area contributed by atoms with Crippen molar-refractivity contribution in [1.29, 1.82) is 0 Å². The lowest BCUT2D eigenvalue weighted by Crippen LogP contribution is -2.38. The molecule has 0 unspecified atom stereocenters. The molecule has 0 atom stereocenters. The van der Waals surface area contributed by atoms with Crippen LogP contribution in [0.25, 0.3) is 0 Å². The van der Waals surface area contributed by atoms with Gasteiger partial charge < -0.3 is 10.1 Å². The molecule has 2 amide bonds. The number of halogens is 1. The minimum Gasteiger partial charge on any atom is -0.452 e. The Morgan fingerprint density at radius 2 is 1.85 bits per heavy atom. The summed E-state index contributed by atoms with van der Waals surface area (Å²) in [5.41, 5.74) is 0.659. The van der Waals surface area contributed by atoms with Gasteiger partial charge in [-0.1, -0.05) is 29.8 Å². The van der Waals surface area contributed by atoms with E-state index in [1.54, 1.807) is 30.3 Å². The van der Waals surface area contributed by atoms with Crippen molar-refractivity contribution < 1.29 is 22.7 Å². The normalized spacial score (nSPS) is 10.9. The number of anilines is 2. The standard InChI is InChI=1S/C16H16ClN3O5S/c1-25-16(22)20(11-5-3-2-4-6-11)10-15(21)19-14-8-7-12(9-13(14)17)26(18,23)24/h2-9H,10H2,1H3,(H,19,21)(H2,18,23,24). The second-order valence-electron chi connectivity index (χ2n) is 5.13.